The van der Waals surface area contributed by atoms with E-state index in [1.165, 1.54) is 40.8 Å². The number of aryl methyl sites for hydroxylation is 3. The molecule has 0 saturated carbocycles. The van der Waals surface area contributed by atoms with Crippen molar-refractivity contribution >= 4 is 33.0 Å². The summed E-state index contributed by atoms with van der Waals surface area (Å²) < 4.78 is 7.65. The molecule has 0 bridgehead atoms. The fourth-order valence-electron chi connectivity index (χ4n) is 4.82. The average molecular weight is 449 g/mol. The zero-order chi connectivity index (χ0) is 21.5. The van der Waals surface area contributed by atoms with E-state index in [2.05, 4.69) is 45.9 Å². The maximum absolute atomic E-state index is 5.51. The third kappa shape index (κ3) is 3.76. The number of ether oxygens (including phenoxy) is 1. The van der Waals surface area contributed by atoms with Crippen LogP contribution >= 0.6 is 11.3 Å². The minimum Gasteiger partial charge on any atom is -0.379 e. The molecule has 5 heterocycles. The Morgan fingerprint density at radius 2 is 1.97 bits per heavy atom. The molecule has 0 spiro atoms. The molecule has 0 amide bonds. The number of anilines is 1. The monoisotopic (exact) mass is 448 g/mol. The quantitative estimate of drug-likeness (QED) is 0.498. The number of rotatable bonds is 5. The van der Waals surface area contributed by atoms with Crippen molar-refractivity contribution in [3.63, 3.8) is 0 Å². The maximum Gasteiger partial charge on any atom is 0.146 e. The first kappa shape index (κ1) is 20.1. The van der Waals surface area contributed by atoms with Gasteiger partial charge in [-0.3, -0.25) is 4.90 Å². The molecule has 0 atom stereocenters. The molecule has 4 aromatic heterocycles. The number of morpholine rings is 1. The number of pyridine rings is 1. The fraction of sp³-hybridized carbons (Fsp3) is 0.458. The predicted molar refractivity (Wildman–Crippen MR) is 127 cm³/mol. The number of nitrogens with zero attached hydrogens (tertiary/aromatic N) is 5. The van der Waals surface area contributed by atoms with Crippen LogP contribution < -0.4 is 5.32 Å². The topological polar surface area (TPSA) is 67.6 Å². The fourth-order valence-corrected chi connectivity index (χ4v) is 6.10. The second kappa shape index (κ2) is 8.42. The smallest absolute Gasteiger partial charge is 0.146 e. The molecular formula is C24H28N6OS. The molecule has 2 aliphatic rings. The van der Waals surface area contributed by atoms with E-state index >= 15 is 0 Å². The molecule has 0 radical (unpaired) electrons. The molecule has 6 rings (SSSR count). The first-order valence-electron chi connectivity index (χ1n) is 11.5. The first-order chi connectivity index (χ1) is 15.7. The van der Waals surface area contributed by atoms with Gasteiger partial charge in [-0.2, -0.15) is 0 Å². The SMILES string of the molecule is Cc1cccc2nc(CNc3nc(CN4CCOCC4)nc4sc5c(c34)CCCC5)cn12. The van der Waals surface area contributed by atoms with Crippen LogP contribution in [0.15, 0.2) is 24.4 Å². The van der Waals surface area contributed by atoms with Gasteiger partial charge < -0.3 is 14.5 Å². The minimum atomic E-state index is 0.648. The zero-order valence-corrected chi connectivity index (χ0v) is 19.2. The van der Waals surface area contributed by atoms with Gasteiger partial charge in [-0.25, -0.2) is 15.0 Å². The number of aromatic nitrogens is 4. The lowest BCUT2D eigenvalue weighted by Gasteiger charge is -2.25. The van der Waals surface area contributed by atoms with Gasteiger partial charge in [0.25, 0.3) is 0 Å². The van der Waals surface area contributed by atoms with E-state index in [9.17, 15) is 0 Å². The highest BCUT2D eigenvalue weighted by Crippen LogP contribution is 2.38. The van der Waals surface area contributed by atoms with Crippen molar-refractivity contribution in [1.29, 1.82) is 0 Å². The van der Waals surface area contributed by atoms with Crippen molar-refractivity contribution in [3.8, 4) is 0 Å². The lowest BCUT2D eigenvalue weighted by Crippen LogP contribution is -2.36. The maximum atomic E-state index is 5.51. The molecule has 1 saturated heterocycles. The van der Waals surface area contributed by atoms with E-state index in [1.807, 2.05) is 11.3 Å². The molecule has 1 aliphatic carbocycles. The molecule has 166 valence electrons. The summed E-state index contributed by atoms with van der Waals surface area (Å²) in [6, 6.07) is 6.21. The standard InChI is InChI=1S/C24H28N6OS/c1-16-5-4-8-21-26-17(14-30(16)21)13-25-23-22-18-6-2-3-7-19(18)32-24(22)28-20(27-23)15-29-9-11-31-12-10-29/h4-5,8,14H,2-3,6-7,9-13,15H2,1H3,(H,25,27,28). The largest absolute Gasteiger partial charge is 0.379 e. The molecule has 8 heteroatoms. The Hall–Kier alpha value is -2.55. The van der Waals surface area contributed by atoms with Gasteiger partial charge in [0.05, 0.1) is 37.4 Å². The number of fused-ring (bicyclic) bond motifs is 4. The summed E-state index contributed by atoms with van der Waals surface area (Å²) in [6.45, 7) is 6.97. The number of thiophene rings is 1. The Kier molecular flexibility index (Phi) is 5.29. The molecule has 4 aromatic rings. The van der Waals surface area contributed by atoms with Gasteiger partial charge in [0.1, 0.15) is 22.1 Å². The van der Waals surface area contributed by atoms with E-state index in [1.54, 1.807) is 0 Å². The number of imidazole rings is 1. The van der Waals surface area contributed by atoms with Crippen molar-refractivity contribution < 1.29 is 4.74 Å². The van der Waals surface area contributed by atoms with Crippen LogP contribution in [0.3, 0.4) is 0 Å². The van der Waals surface area contributed by atoms with E-state index in [0.717, 1.165) is 67.1 Å². The first-order valence-corrected chi connectivity index (χ1v) is 12.3. The van der Waals surface area contributed by atoms with Gasteiger partial charge in [-0.1, -0.05) is 6.07 Å². The third-order valence-electron chi connectivity index (χ3n) is 6.51. The Bertz CT molecular complexity index is 1270. The van der Waals surface area contributed by atoms with Gasteiger partial charge in [0.15, 0.2) is 0 Å². The van der Waals surface area contributed by atoms with Crippen molar-refractivity contribution in [2.75, 3.05) is 31.6 Å². The number of nitrogens with one attached hydrogen (secondary N) is 1. The van der Waals surface area contributed by atoms with Crippen LogP contribution in [0.5, 0.6) is 0 Å². The molecule has 1 fully saturated rings. The van der Waals surface area contributed by atoms with Gasteiger partial charge >= 0.3 is 0 Å². The molecule has 7 nitrogen and oxygen atoms in total. The normalized spacial score (nSPS) is 17.2. The van der Waals surface area contributed by atoms with E-state index in [4.69, 9.17) is 19.7 Å². The summed E-state index contributed by atoms with van der Waals surface area (Å²) >= 11 is 1.86. The molecule has 32 heavy (non-hydrogen) atoms. The summed E-state index contributed by atoms with van der Waals surface area (Å²) in [4.78, 5) is 19.8. The van der Waals surface area contributed by atoms with Gasteiger partial charge in [0.2, 0.25) is 0 Å². The van der Waals surface area contributed by atoms with Crippen LogP contribution in [-0.2, 0) is 30.7 Å². The van der Waals surface area contributed by atoms with Gasteiger partial charge in [-0.15, -0.1) is 11.3 Å². The minimum absolute atomic E-state index is 0.648. The van der Waals surface area contributed by atoms with Crippen molar-refractivity contribution in [2.24, 2.45) is 0 Å². The van der Waals surface area contributed by atoms with Crippen LogP contribution in [0.2, 0.25) is 0 Å². The number of hydrogen-bond donors (Lipinski definition) is 1. The Labute approximate surface area is 191 Å². The van der Waals surface area contributed by atoms with Crippen LogP contribution in [-0.4, -0.2) is 50.6 Å². The second-order valence-electron chi connectivity index (χ2n) is 8.75. The molecule has 0 aromatic carbocycles. The van der Waals surface area contributed by atoms with Gasteiger partial charge in [0, 0.05) is 29.9 Å². The Morgan fingerprint density at radius 3 is 2.84 bits per heavy atom. The van der Waals surface area contributed by atoms with E-state index < -0.39 is 0 Å². The van der Waals surface area contributed by atoms with Crippen molar-refractivity contribution in [3.05, 3.63) is 52.0 Å². The van der Waals surface area contributed by atoms with Gasteiger partial charge in [-0.05, 0) is 50.3 Å². The highest BCUT2D eigenvalue weighted by Gasteiger charge is 2.22. The van der Waals surface area contributed by atoms with E-state index in [0.29, 0.717) is 6.54 Å². The van der Waals surface area contributed by atoms with Crippen LogP contribution in [0.4, 0.5) is 5.82 Å². The summed E-state index contributed by atoms with van der Waals surface area (Å²) in [6.07, 6.45) is 6.94. The van der Waals surface area contributed by atoms with Crippen LogP contribution in [0, 0.1) is 6.92 Å². The van der Waals surface area contributed by atoms with Crippen LogP contribution in [0.1, 0.15) is 40.5 Å². The molecule has 1 aliphatic heterocycles. The highest BCUT2D eigenvalue weighted by molar-refractivity contribution is 7.19. The average Bonchev–Trinajstić information content (AvgIpc) is 3.40. The molecule has 1 N–H and O–H groups in total. The summed E-state index contributed by atoms with van der Waals surface area (Å²) in [5.41, 5.74) is 4.65. The number of hydrogen-bond acceptors (Lipinski definition) is 7. The van der Waals surface area contributed by atoms with Crippen molar-refractivity contribution in [2.45, 2.75) is 45.7 Å². The van der Waals surface area contributed by atoms with E-state index in [-0.39, 0.29) is 0 Å². The van der Waals surface area contributed by atoms with Crippen LogP contribution in [0.25, 0.3) is 15.9 Å². The van der Waals surface area contributed by atoms with Crippen molar-refractivity contribution in [1.82, 2.24) is 24.3 Å². The Balaban J connectivity index is 1.34. The molecular weight excluding hydrogens is 420 g/mol. The predicted octanol–water partition coefficient (Wildman–Crippen LogP) is 3.97. The Morgan fingerprint density at radius 1 is 1.09 bits per heavy atom. The zero-order valence-electron chi connectivity index (χ0n) is 18.4. The second-order valence-corrected chi connectivity index (χ2v) is 9.83. The third-order valence-corrected chi connectivity index (χ3v) is 7.70. The highest BCUT2D eigenvalue weighted by atomic mass is 32.1. The lowest BCUT2D eigenvalue weighted by atomic mass is 9.97. The summed E-state index contributed by atoms with van der Waals surface area (Å²) in [5, 5.41) is 4.87. The lowest BCUT2D eigenvalue weighted by molar-refractivity contribution is 0.0331. The summed E-state index contributed by atoms with van der Waals surface area (Å²) in [5.74, 6) is 1.86. The summed E-state index contributed by atoms with van der Waals surface area (Å²) in [7, 11) is 0. The molecule has 0 unspecified atom stereocenters.